The molecule has 0 bridgehead atoms. The Kier molecular flexibility index (Phi) is 2.49. The molecule has 0 saturated heterocycles. The van der Waals surface area contributed by atoms with Gasteiger partial charge in [-0.2, -0.15) is 0 Å². The van der Waals surface area contributed by atoms with Crippen LogP contribution in [0, 0.1) is 5.82 Å². The molecule has 1 rings (SSSR count). The van der Waals surface area contributed by atoms with Crippen LogP contribution in [0.3, 0.4) is 0 Å². The fraction of sp³-hybridized carbons (Fsp3) is 0.250. The maximum Gasteiger partial charge on any atom is 0.138 e. The predicted molar refractivity (Wildman–Crippen MR) is 50.0 cm³/mol. The van der Waals surface area contributed by atoms with E-state index in [9.17, 15) is 9.50 Å². The first-order chi connectivity index (χ1) is 5.00. The Morgan fingerprint density at radius 1 is 1.55 bits per heavy atom. The van der Waals surface area contributed by atoms with E-state index in [1.165, 1.54) is 12.1 Å². The van der Waals surface area contributed by atoms with E-state index in [0.29, 0.717) is 5.56 Å². The zero-order valence-corrected chi connectivity index (χ0v) is 8.17. The molecule has 0 aliphatic heterocycles. The lowest BCUT2D eigenvalue weighted by Gasteiger charge is -2.14. The maximum atomic E-state index is 12.6. The first-order valence-corrected chi connectivity index (χ1v) is 4.25. The van der Waals surface area contributed by atoms with Crippen LogP contribution < -0.4 is 0 Å². The highest BCUT2D eigenvalue weighted by atomic mass is 127. The summed E-state index contributed by atoms with van der Waals surface area (Å²) in [6.45, 7) is 1.61. The van der Waals surface area contributed by atoms with Gasteiger partial charge in [0.2, 0.25) is 0 Å². The summed E-state index contributed by atoms with van der Waals surface area (Å²) < 4.78 is 11.6. The van der Waals surface area contributed by atoms with E-state index in [0.717, 1.165) is 0 Å². The van der Waals surface area contributed by atoms with E-state index in [1.807, 2.05) is 22.6 Å². The molecule has 0 aromatic heterocycles. The van der Waals surface area contributed by atoms with E-state index in [2.05, 4.69) is 0 Å². The SMILES string of the molecule is CC(O)(I)c1cccc(F)c1. The minimum Gasteiger partial charge on any atom is -0.376 e. The van der Waals surface area contributed by atoms with Crippen LogP contribution >= 0.6 is 22.6 Å². The van der Waals surface area contributed by atoms with Crippen molar-refractivity contribution in [3.05, 3.63) is 35.6 Å². The fourth-order valence-corrected chi connectivity index (χ4v) is 1.11. The summed E-state index contributed by atoms with van der Waals surface area (Å²) in [6, 6.07) is 5.95. The molecule has 1 unspecified atom stereocenters. The standard InChI is InChI=1S/C8H8FIO/c1-8(10,11)6-3-2-4-7(9)5-6/h2-5,11H,1H3. The summed E-state index contributed by atoms with van der Waals surface area (Å²) in [6.07, 6.45) is 0. The van der Waals surface area contributed by atoms with Gasteiger partial charge in [0.1, 0.15) is 9.43 Å². The normalized spacial score (nSPS) is 16.0. The summed E-state index contributed by atoms with van der Waals surface area (Å²) in [5.41, 5.74) is 0.582. The van der Waals surface area contributed by atoms with Crippen LogP contribution in [0.4, 0.5) is 4.39 Å². The average Bonchev–Trinajstić information content (AvgIpc) is 1.86. The Hall–Kier alpha value is -0.160. The van der Waals surface area contributed by atoms with Crippen LogP contribution in [-0.2, 0) is 3.61 Å². The molecule has 1 nitrogen and oxygen atoms in total. The molecule has 1 aromatic carbocycles. The van der Waals surface area contributed by atoms with Crippen molar-refractivity contribution in [1.82, 2.24) is 0 Å². The van der Waals surface area contributed by atoms with Crippen molar-refractivity contribution in [1.29, 1.82) is 0 Å². The number of aliphatic hydroxyl groups is 1. The topological polar surface area (TPSA) is 20.2 Å². The van der Waals surface area contributed by atoms with Crippen LogP contribution in [0.5, 0.6) is 0 Å². The maximum absolute atomic E-state index is 12.6. The van der Waals surface area contributed by atoms with Crippen LogP contribution in [0.2, 0.25) is 0 Å². The van der Waals surface area contributed by atoms with Crippen molar-refractivity contribution in [3.63, 3.8) is 0 Å². The average molecular weight is 266 g/mol. The van der Waals surface area contributed by atoms with Crippen LogP contribution in [-0.4, -0.2) is 5.11 Å². The Bertz CT molecular complexity index is 255. The van der Waals surface area contributed by atoms with Gasteiger partial charge in [0, 0.05) is 0 Å². The lowest BCUT2D eigenvalue weighted by Crippen LogP contribution is -2.10. The first kappa shape index (κ1) is 8.93. The molecule has 1 aromatic rings. The van der Waals surface area contributed by atoms with Gasteiger partial charge in [0.15, 0.2) is 0 Å². The quantitative estimate of drug-likeness (QED) is 0.611. The molecule has 3 heteroatoms. The monoisotopic (exact) mass is 266 g/mol. The summed E-state index contributed by atoms with van der Waals surface area (Å²) in [5.74, 6) is -0.320. The van der Waals surface area contributed by atoms with Crippen molar-refractivity contribution in [2.75, 3.05) is 0 Å². The second-order valence-corrected chi connectivity index (χ2v) is 4.56. The highest BCUT2D eigenvalue weighted by Crippen LogP contribution is 2.27. The van der Waals surface area contributed by atoms with E-state index in [-0.39, 0.29) is 5.82 Å². The molecule has 0 aliphatic rings. The van der Waals surface area contributed by atoms with Crippen molar-refractivity contribution in [3.8, 4) is 0 Å². The van der Waals surface area contributed by atoms with E-state index >= 15 is 0 Å². The molecule has 0 amide bonds. The zero-order valence-electron chi connectivity index (χ0n) is 6.01. The summed E-state index contributed by atoms with van der Waals surface area (Å²) in [7, 11) is 0. The number of hydrogen-bond donors (Lipinski definition) is 1. The fourth-order valence-electron chi connectivity index (χ4n) is 0.772. The summed E-state index contributed by atoms with van der Waals surface area (Å²) in [4.78, 5) is 0. The number of halogens is 2. The lowest BCUT2D eigenvalue weighted by atomic mass is 10.1. The summed E-state index contributed by atoms with van der Waals surface area (Å²) in [5, 5.41) is 9.43. The highest BCUT2D eigenvalue weighted by Gasteiger charge is 2.17. The number of hydrogen-bond acceptors (Lipinski definition) is 1. The van der Waals surface area contributed by atoms with E-state index < -0.39 is 3.61 Å². The molecule has 0 radical (unpaired) electrons. The predicted octanol–water partition coefficient (Wildman–Crippen LogP) is 2.43. The van der Waals surface area contributed by atoms with Crippen LogP contribution in [0.1, 0.15) is 12.5 Å². The molecule has 0 heterocycles. The minimum absolute atomic E-state index is 0.320. The first-order valence-electron chi connectivity index (χ1n) is 3.17. The Morgan fingerprint density at radius 2 is 2.18 bits per heavy atom. The Labute approximate surface area is 78.4 Å². The Balaban J connectivity index is 3.06. The van der Waals surface area contributed by atoms with Crippen molar-refractivity contribution in [2.24, 2.45) is 0 Å². The van der Waals surface area contributed by atoms with Gasteiger partial charge in [-0.1, -0.05) is 12.1 Å². The second-order valence-electron chi connectivity index (χ2n) is 2.46. The molecule has 11 heavy (non-hydrogen) atoms. The zero-order chi connectivity index (χ0) is 8.48. The molecule has 0 spiro atoms. The van der Waals surface area contributed by atoms with Gasteiger partial charge in [-0.3, -0.25) is 0 Å². The highest BCUT2D eigenvalue weighted by molar-refractivity contribution is 14.1. The van der Waals surface area contributed by atoms with Gasteiger partial charge in [0.25, 0.3) is 0 Å². The number of benzene rings is 1. The van der Waals surface area contributed by atoms with Crippen LogP contribution in [0.25, 0.3) is 0 Å². The number of alkyl halides is 1. The third-order valence-electron chi connectivity index (χ3n) is 1.35. The molecule has 0 fully saturated rings. The largest absolute Gasteiger partial charge is 0.376 e. The van der Waals surface area contributed by atoms with Crippen molar-refractivity contribution >= 4 is 22.6 Å². The molecule has 0 saturated carbocycles. The van der Waals surface area contributed by atoms with Crippen molar-refractivity contribution < 1.29 is 9.50 Å². The molecule has 60 valence electrons. The second kappa shape index (κ2) is 3.06. The smallest absolute Gasteiger partial charge is 0.138 e. The van der Waals surface area contributed by atoms with Gasteiger partial charge in [-0.05, 0) is 47.2 Å². The van der Waals surface area contributed by atoms with Gasteiger partial charge < -0.3 is 5.11 Å². The Morgan fingerprint density at radius 3 is 2.55 bits per heavy atom. The van der Waals surface area contributed by atoms with Crippen LogP contribution in [0.15, 0.2) is 24.3 Å². The molecule has 1 N–H and O–H groups in total. The van der Waals surface area contributed by atoms with E-state index in [4.69, 9.17) is 0 Å². The molecular weight excluding hydrogens is 258 g/mol. The third-order valence-corrected chi connectivity index (χ3v) is 1.97. The van der Waals surface area contributed by atoms with Gasteiger partial charge in [0.05, 0.1) is 0 Å². The molecule has 0 aliphatic carbocycles. The van der Waals surface area contributed by atoms with Gasteiger partial charge in [-0.15, -0.1) is 0 Å². The molecular formula is C8H8FIO. The summed E-state index contributed by atoms with van der Waals surface area (Å²) >= 11 is 1.85. The molecule has 1 atom stereocenters. The van der Waals surface area contributed by atoms with Gasteiger partial charge >= 0.3 is 0 Å². The lowest BCUT2D eigenvalue weighted by molar-refractivity contribution is 0.178. The minimum atomic E-state index is -0.986. The number of rotatable bonds is 1. The van der Waals surface area contributed by atoms with Crippen molar-refractivity contribution in [2.45, 2.75) is 10.5 Å². The van der Waals surface area contributed by atoms with E-state index in [1.54, 1.807) is 19.1 Å². The van der Waals surface area contributed by atoms with Gasteiger partial charge in [-0.25, -0.2) is 4.39 Å². The third kappa shape index (κ3) is 2.41.